The summed E-state index contributed by atoms with van der Waals surface area (Å²) in [7, 11) is 0. The summed E-state index contributed by atoms with van der Waals surface area (Å²) in [5.74, 6) is 1.26. The number of nitrogens with zero attached hydrogens (tertiary/aromatic N) is 5. The molecule has 0 unspecified atom stereocenters. The molecule has 0 radical (unpaired) electrons. The Balaban J connectivity index is 1.48. The van der Waals surface area contributed by atoms with Gasteiger partial charge in [0.05, 0.1) is 6.33 Å². The fraction of sp³-hybridized carbons (Fsp3) is 0.526. The predicted octanol–water partition coefficient (Wildman–Crippen LogP) is 0.787. The van der Waals surface area contributed by atoms with Crippen LogP contribution in [-0.4, -0.2) is 51.6 Å². The minimum Gasteiger partial charge on any atom is -0.356 e. The van der Waals surface area contributed by atoms with E-state index in [2.05, 4.69) is 30.5 Å². The van der Waals surface area contributed by atoms with Crippen LogP contribution in [-0.2, 0) is 11.3 Å². The third-order valence-corrected chi connectivity index (χ3v) is 4.83. The highest BCUT2D eigenvalue weighted by molar-refractivity contribution is 5.75. The number of aromatic nitrogens is 4. The van der Waals surface area contributed by atoms with Gasteiger partial charge in [-0.15, -0.1) is 0 Å². The SMILES string of the molecule is Cc1cc(N2CCCC2)nc(NCCNC(=O)Cn2cnc(C)c(C)c2=O)n1. The molecule has 1 fully saturated rings. The lowest BCUT2D eigenvalue weighted by Crippen LogP contribution is -2.35. The second-order valence-electron chi connectivity index (χ2n) is 7.05. The van der Waals surface area contributed by atoms with Crippen molar-refractivity contribution in [2.45, 2.75) is 40.2 Å². The van der Waals surface area contributed by atoms with Gasteiger partial charge in [0.1, 0.15) is 12.4 Å². The Labute approximate surface area is 164 Å². The van der Waals surface area contributed by atoms with Crippen LogP contribution in [0.5, 0.6) is 0 Å². The van der Waals surface area contributed by atoms with Crippen LogP contribution in [0.4, 0.5) is 11.8 Å². The topological polar surface area (TPSA) is 105 Å². The molecule has 0 aromatic carbocycles. The van der Waals surface area contributed by atoms with E-state index in [0.29, 0.717) is 30.3 Å². The molecule has 2 aromatic heterocycles. The van der Waals surface area contributed by atoms with Gasteiger partial charge in [-0.1, -0.05) is 0 Å². The average Bonchev–Trinajstić information content (AvgIpc) is 3.20. The van der Waals surface area contributed by atoms with Crippen LogP contribution in [0.2, 0.25) is 0 Å². The molecule has 1 saturated heterocycles. The van der Waals surface area contributed by atoms with E-state index in [-0.39, 0.29) is 18.0 Å². The zero-order valence-corrected chi connectivity index (χ0v) is 16.7. The van der Waals surface area contributed by atoms with Gasteiger partial charge in [-0.3, -0.25) is 14.2 Å². The first-order chi connectivity index (χ1) is 13.4. The first kappa shape index (κ1) is 19.8. The van der Waals surface area contributed by atoms with Crippen molar-refractivity contribution in [2.24, 2.45) is 0 Å². The average molecular weight is 385 g/mol. The Hall–Kier alpha value is -2.97. The number of hydrogen-bond donors (Lipinski definition) is 2. The first-order valence-corrected chi connectivity index (χ1v) is 9.58. The molecule has 0 saturated carbocycles. The smallest absolute Gasteiger partial charge is 0.256 e. The lowest BCUT2D eigenvalue weighted by molar-refractivity contribution is -0.121. The molecule has 9 heteroatoms. The number of nitrogens with one attached hydrogen (secondary N) is 2. The summed E-state index contributed by atoms with van der Waals surface area (Å²) in [5, 5.41) is 5.94. The Morgan fingerprint density at radius 2 is 1.89 bits per heavy atom. The zero-order valence-electron chi connectivity index (χ0n) is 16.7. The maximum atomic E-state index is 12.1. The number of rotatable bonds is 7. The normalized spacial score (nSPS) is 13.6. The van der Waals surface area contributed by atoms with Crippen LogP contribution < -0.4 is 21.1 Å². The Bertz CT molecular complexity index is 904. The van der Waals surface area contributed by atoms with Gasteiger partial charge >= 0.3 is 0 Å². The van der Waals surface area contributed by atoms with Crippen molar-refractivity contribution in [3.05, 3.63) is 39.7 Å². The van der Waals surface area contributed by atoms with Crippen LogP contribution in [0.1, 0.15) is 29.8 Å². The van der Waals surface area contributed by atoms with E-state index in [1.54, 1.807) is 13.8 Å². The molecule has 150 valence electrons. The summed E-state index contributed by atoms with van der Waals surface area (Å²) in [6, 6.07) is 1.99. The summed E-state index contributed by atoms with van der Waals surface area (Å²) >= 11 is 0. The van der Waals surface area contributed by atoms with Crippen molar-refractivity contribution < 1.29 is 4.79 Å². The fourth-order valence-electron chi connectivity index (χ4n) is 3.11. The molecule has 0 bridgehead atoms. The molecular weight excluding hydrogens is 358 g/mol. The van der Waals surface area contributed by atoms with E-state index in [1.165, 1.54) is 23.7 Å². The molecule has 1 amide bonds. The van der Waals surface area contributed by atoms with E-state index in [1.807, 2.05) is 13.0 Å². The first-order valence-electron chi connectivity index (χ1n) is 9.58. The molecule has 0 spiro atoms. The molecule has 2 aromatic rings. The van der Waals surface area contributed by atoms with Crippen molar-refractivity contribution in [1.82, 2.24) is 24.8 Å². The van der Waals surface area contributed by atoms with Crippen molar-refractivity contribution >= 4 is 17.7 Å². The molecule has 1 aliphatic heterocycles. The number of carbonyl (C=O) groups is 1. The van der Waals surface area contributed by atoms with Crippen LogP contribution in [0.3, 0.4) is 0 Å². The van der Waals surface area contributed by atoms with Crippen LogP contribution >= 0.6 is 0 Å². The summed E-state index contributed by atoms with van der Waals surface area (Å²) in [6.45, 7) is 8.33. The molecule has 0 aliphatic carbocycles. The Morgan fingerprint density at radius 3 is 2.64 bits per heavy atom. The number of amides is 1. The van der Waals surface area contributed by atoms with Gasteiger partial charge in [-0.2, -0.15) is 4.98 Å². The van der Waals surface area contributed by atoms with Gasteiger partial charge in [0.2, 0.25) is 11.9 Å². The summed E-state index contributed by atoms with van der Waals surface area (Å²) in [4.78, 5) is 39.6. The standard InChI is InChI=1S/C19H27N7O2/c1-13-10-16(25-8-4-5-9-25)24-19(23-13)21-7-6-20-17(27)11-26-12-22-15(3)14(2)18(26)28/h10,12H,4-9,11H2,1-3H3,(H,20,27)(H,21,23,24). The van der Waals surface area contributed by atoms with Crippen LogP contribution in [0.25, 0.3) is 0 Å². The zero-order chi connectivity index (χ0) is 20.1. The number of carbonyl (C=O) groups excluding carboxylic acids is 1. The predicted molar refractivity (Wildman–Crippen MR) is 108 cm³/mol. The third kappa shape index (κ3) is 4.85. The van der Waals surface area contributed by atoms with Crippen molar-refractivity contribution in [1.29, 1.82) is 0 Å². The largest absolute Gasteiger partial charge is 0.356 e. The minimum atomic E-state index is -0.239. The third-order valence-electron chi connectivity index (χ3n) is 4.83. The van der Waals surface area contributed by atoms with Crippen molar-refractivity contribution in [3.8, 4) is 0 Å². The summed E-state index contributed by atoms with van der Waals surface area (Å²) in [5.41, 5.74) is 1.95. The van der Waals surface area contributed by atoms with Crippen LogP contribution in [0.15, 0.2) is 17.2 Å². The van der Waals surface area contributed by atoms with Gasteiger partial charge in [0.25, 0.3) is 5.56 Å². The molecule has 1 aliphatic rings. The Kier molecular flexibility index (Phi) is 6.23. The van der Waals surface area contributed by atoms with Gasteiger partial charge in [0, 0.05) is 49.2 Å². The monoisotopic (exact) mass is 385 g/mol. The van der Waals surface area contributed by atoms with E-state index in [4.69, 9.17) is 0 Å². The van der Waals surface area contributed by atoms with Gasteiger partial charge in [-0.25, -0.2) is 9.97 Å². The summed E-state index contributed by atoms with van der Waals surface area (Å²) < 4.78 is 1.32. The molecule has 3 heterocycles. The van der Waals surface area contributed by atoms with Gasteiger partial charge in [-0.05, 0) is 33.6 Å². The molecular formula is C19H27N7O2. The number of aryl methyl sites for hydroxylation is 2. The van der Waals surface area contributed by atoms with E-state index < -0.39 is 0 Å². The van der Waals surface area contributed by atoms with E-state index >= 15 is 0 Å². The second-order valence-corrected chi connectivity index (χ2v) is 7.05. The molecule has 28 heavy (non-hydrogen) atoms. The lowest BCUT2D eigenvalue weighted by atomic mass is 10.3. The van der Waals surface area contributed by atoms with Crippen molar-refractivity contribution in [2.75, 3.05) is 36.4 Å². The highest BCUT2D eigenvalue weighted by Gasteiger charge is 2.15. The maximum Gasteiger partial charge on any atom is 0.256 e. The minimum absolute atomic E-state index is 0.0486. The highest BCUT2D eigenvalue weighted by Crippen LogP contribution is 2.19. The second kappa shape index (κ2) is 8.81. The molecule has 2 N–H and O–H groups in total. The molecule has 3 rings (SSSR count). The Morgan fingerprint density at radius 1 is 1.14 bits per heavy atom. The van der Waals surface area contributed by atoms with E-state index in [0.717, 1.165) is 24.6 Å². The maximum absolute atomic E-state index is 12.1. The summed E-state index contributed by atoms with van der Waals surface area (Å²) in [6.07, 6.45) is 3.79. The van der Waals surface area contributed by atoms with Crippen molar-refractivity contribution in [3.63, 3.8) is 0 Å². The van der Waals surface area contributed by atoms with E-state index in [9.17, 15) is 9.59 Å². The van der Waals surface area contributed by atoms with Gasteiger partial charge in [0.15, 0.2) is 0 Å². The van der Waals surface area contributed by atoms with Crippen LogP contribution in [0, 0.1) is 20.8 Å². The van der Waals surface area contributed by atoms with Gasteiger partial charge < -0.3 is 15.5 Å². The lowest BCUT2D eigenvalue weighted by Gasteiger charge is -2.17. The highest BCUT2D eigenvalue weighted by atomic mass is 16.2. The quantitative estimate of drug-likeness (QED) is 0.679. The molecule has 0 atom stereocenters. The number of anilines is 2. The fourth-order valence-corrected chi connectivity index (χ4v) is 3.11. The molecule has 9 nitrogen and oxygen atoms in total. The number of hydrogen-bond acceptors (Lipinski definition) is 7.